The predicted octanol–water partition coefficient (Wildman–Crippen LogP) is 3.44. The van der Waals surface area contributed by atoms with Crippen LogP contribution in [0.1, 0.15) is 37.0 Å². The van der Waals surface area contributed by atoms with Crippen molar-refractivity contribution in [3.05, 3.63) is 59.9 Å². The highest BCUT2D eigenvalue weighted by Gasteiger charge is 2.23. The quantitative estimate of drug-likeness (QED) is 0.595. The molecule has 0 unspecified atom stereocenters. The van der Waals surface area contributed by atoms with E-state index in [1.54, 1.807) is 38.1 Å². The van der Waals surface area contributed by atoms with Crippen LogP contribution in [-0.4, -0.2) is 44.9 Å². The van der Waals surface area contributed by atoms with E-state index in [-0.39, 0.29) is 22.7 Å². The average molecular weight is 423 g/mol. The molecule has 0 aliphatic heterocycles. The summed E-state index contributed by atoms with van der Waals surface area (Å²) in [4.78, 5) is 12.4. The number of amides is 1. The Morgan fingerprint density at radius 1 is 1.14 bits per heavy atom. The number of benzene rings is 2. The Kier molecular flexibility index (Phi) is 8.16. The monoisotopic (exact) mass is 422 g/mol. The Balaban J connectivity index is 1.81. The van der Waals surface area contributed by atoms with E-state index in [1.807, 2.05) is 0 Å². The van der Waals surface area contributed by atoms with Gasteiger partial charge in [-0.25, -0.2) is 12.8 Å². The third kappa shape index (κ3) is 6.54. The van der Waals surface area contributed by atoms with E-state index in [0.717, 1.165) is 0 Å². The Morgan fingerprint density at radius 2 is 1.83 bits per heavy atom. The van der Waals surface area contributed by atoms with Crippen LogP contribution in [0.15, 0.2) is 53.4 Å². The van der Waals surface area contributed by atoms with Crippen LogP contribution < -0.4 is 10.1 Å². The van der Waals surface area contributed by atoms with E-state index in [0.29, 0.717) is 37.3 Å². The summed E-state index contributed by atoms with van der Waals surface area (Å²) in [6, 6.07) is 11.6. The van der Waals surface area contributed by atoms with Gasteiger partial charge < -0.3 is 10.1 Å². The molecule has 0 bridgehead atoms. The predicted molar refractivity (Wildman–Crippen MR) is 110 cm³/mol. The second kappa shape index (κ2) is 10.4. The highest BCUT2D eigenvalue weighted by molar-refractivity contribution is 7.89. The van der Waals surface area contributed by atoms with Crippen LogP contribution in [0.4, 0.5) is 4.39 Å². The summed E-state index contributed by atoms with van der Waals surface area (Å²) in [5.74, 6) is -0.0405. The van der Waals surface area contributed by atoms with Gasteiger partial charge in [0.25, 0.3) is 5.91 Å². The molecule has 0 atom stereocenters. The Bertz CT molecular complexity index is 915. The maximum absolute atomic E-state index is 12.8. The number of hydrogen-bond acceptors (Lipinski definition) is 4. The van der Waals surface area contributed by atoms with Gasteiger partial charge in [-0.15, -0.1) is 0 Å². The fourth-order valence-corrected chi connectivity index (χ4v) is 3.91. The van der Waals surface area contributed by atoms with Gasteiger partial charge in [0.2, 0.25) is 10.0 Å². The van der Waals surface area contributed by atoms with Gasteiger partial charge in [-0.05, 0) is 69.2 Å². The lowest BCUT2D eigenvalue weighted by atomic mass is 10.2. The van der Waals surface area contributed by atoms with Crippen molar-refractivity contribution in [1.82, 2.24) is 9.62 Å². The second-order valence-electron chi connectivity index (χ2n) is 6.91. The fourth-order valence-electron chi connectivity index (χ4n) is 2.49. The normalized spacial score (nSPS) is 11.7. The van der Waals surface area contributed by atoms with Crippen LogP contribution in [0.2, 0.25) is 0 Å². The lowest BCUT2D eigenvalue weighted by molar-refractivity contribution is 0.0952. The molecule has 0 saturated heterocycles. The smallest absolute Gasteiger partial charge is 0.251 e. The van der Waals surface area contributed by atoms with E-state index in [4.69, 9.17) is 4.74 Å². The third-order valence-electron chi connectivity index (χ3n) is 4.44. The number of nitrogens with zero attached hydrogens (tertiary/aromatic N) is 1. The molecule has 2 rings (SSSR count). The molecule has 2 aromatic rings. The van der Waals surface area contributed by atoms with E-state index >= 15 is 0 Å². The van der Waals surface area contributed by atoms with Gasteiger partial charge in [-0.3, -0.25) is 4.79 Å². The number of sulfonamides is 1. The van der Waals surface area contributed by atoms with Crippen LogP contribution in [0.3, 0.4) is 0 Å². The highest BCUT2D eigenvalue weighted by Crippen LogP contribution is 2.18. The zero-order chi connectivity index (χ0) is 21.4. The standard InChI is InChI=1S/C21H27FN2O4S/c1-16(2)24(3)29(26,27)20-8-6-7-17(15-20)21(25)23-13-4-5-14-28-19-11-9-18(22)10-12-19/h6-12,15-16H,4-5,13-14H2,1-3H3,(H,23,25). The molecule has 8 heteroatoms. The molecule has 0 heterocycles. The Labute approximate surface area is 171 Å². The molecule has 1 N–H and O–H groups in total. The van der Waals surface area contributed by atoms with Crippen molar-refractivity contribution in [3.63, 3.8) is 0 Å². The molecule has 0 radical (unpaired) electrons. The summed E-state index contributed by atoms with van der Waals surface area (Å²) in [5.41, 5.74) is 0.297. The van der Waals surface area contributed by atoms with Gasteiger partial charge in [0.15, 0.2) is 0 Å². The molecule has 0 aliphatic rings. The van der Waals surface area contributed by atoms with Crippen molar-refractivity contribution >= 4 is 15.9 Å². The summed E-state index contributed by atoms with van der Waals surface area (Å²) >= 11 is 0. The number of nitrogens with one attached hydrogen (secondary N) is 1. The van der Waals surface area contributed by atoms with Gasteiger partial charge in [0.05, 0.1) is 11.5 Å². The molecule has 29 heavy (non-hydrogen) atoms. The zero-order valence-corrected chi connectivity index (χ0v) is 17.7. The van der Waals surface area contributed by atoms with Crippen molar-refractivity contribution in [2.75, 3.05) is 20.2 Å². The SMILES string of the molecule is CC(C)N(C)S(=O)(=O)c1cccc(C(=O)NCCCCOc2ccc(F)cc2)c1. The molecular weight excluding hydrogens is 395 g/mol. The number of ether oxygens (including phenoxy) is 1. The first-order chi connectivity index (χ1) is 13.7. The van der Waals surface area contributed by atoms with Gasteiger partial charge in [0.1, 0.15) is 11.6 Å². The molecule has 2 aromatic carbocycles. The maximum Gasteiger partial charge on any atom is 0.251 e. The second-order valence-corrected chi connectivity index (χ2v) is 8.91. The zero-order valence-electron chi connectivity index (χ0n) is 16.9. The van der Waals surface area contributed by atoms with Crippen molar-refractivity contribution in [1.29, 1.82) is 0 Å². The Morgan fingerprint density at radius 3 is 2.48 bits per heavy atom. The minimum Gasteiger partial charge on any atom is -0.494 e. The van der Waals surface area contributed by atoms with Gasteiger partial charge in [-0.2, -0.15) is 4.31 Å². The number of carbonyl (C=O) groups excluding carboxylic acids is 1. The summed E-state index contributed by atoms with van der Waals surface area (Å²) in [6.07, 6.45) is 1.41. The minimum atomic E-state index is -3.64. The summed E-state index contributed by atoms with van der Waals surface area (Å²) in [7, 11) is -2.13. The van der Waals surface area contributed by atoms with E-state index in [2.05, 4.69) is 5.32 Å². The van der Waals surface area contributed by atoms with E-state index in [1.165, 1.54) is 35.6 Å². The topological polar surface area (TPSA) is 75.7 Å². The van der Waals surface area contributed by atoms with Crippen LogP contribution >= 0.6 is 0 Å². The largest absolute Gasteiger partial charge is 0.494 e. The number of rotatable bonds is 10. The van der Waals surface area contributed by atoms with Gasteiger partial charge in [0, 0.05) is 25.2 Å². The van der Waals surface area contributed by atoms with E-state index in [9.17, 15) is 17.6 Å². The van der Waals surface area contributed by atoms with Crippen molar-refractivity contribution in [2.24, 2.45) is 0 Å². The van der Waals surface area contributed by atoms with Crippen LogP contribution in [0.5, 0.6) is 5.75 Å². The van der Waals surface area contributed by atoms with Gasteiger partial charge >= 0.3 is 0 Å². The highest BCUT2D eigenvalue weighted by atomic mass is 32.2. The first-order valence-corrected chi connectivity index (χ1v) is 10.9. The third-order valence-corrected chi connectivity index (χ3v) is 6.47. The number of carbonyl (C=O) groups is 1. The van der Waals surface area contributed by atoms with Crippen LogP contribution in [0.25, 0.3) is 0 Å². The van der Waals surface area contributed by atoms with E-state index < -0.39 is 10.0 Å². The fraction of sp³-hybridized carbons (Fsp3) is 0.381. The van der Waals surface area contributed by atoms with Crippen molar-refractivity contribution in [2.45, 2.75) is 37.6 Å². The molecular formula is C21H27FN2O4S. The molecule has 0 saturated carbocycles. The lowest BCUT2D eigenvalue weighted by Gasteiger charge is -2.21. The summed E-state index contributed by atoms with van der Waals surface area (Å²) < 4.78 is 44.7. The Hall–Kier alpha value is -2.45. The molecule has 0 aliphatic carbocycles. The van der Waals surface area contributed by atoms with Crippen LogP contribution in [0, 0.1) is 5.82 Å². The average Bonchev–Trinajstić information content (AvgIpc) is 2.71. The molecule has 158 valence electrons. The first kappa shape index (κ1) is 22.8. The molecule has 0 spiro atoms. The molecule has 6 nitrogen and oxygen atoms in total. The lowest BCUT2D eigenvalue weighted by Crippen LogP contribution is -2.33. The molecule has 0 aromatic heterocycles. The maximum atomic E-state index is 12.8. The summed E-state index contributed by atoms with van der Waals surface area (Å²) in [5, 5.41) is 2.78. The molecule has 1 amide bonds. The number of halogens is 1. The molecule has 0 fully saturated rings. The minimum absolute atomic E-state index is 0.0917. The number of hydrogen-bond donors (Lipinski definition) is 1. The van der Waals surface area contributed by atoms with Crippen LogP contribution in [-0.2, 0) is 10.0 Å². The number of unbranched alkanes of at least 4 members (excludes halogenated alkanes) is 1. The first-order valence-electron chi connectivity index (χ1n) is 9.46. The van der Waals surface area contributed by atoms with Gasteiger partial charge in [-0.1, -0.05) is 6.07 Å². The van der Waals surface area contributed by atoms with Crippen molar-refractivity contribution in [3.8, 4) is 5.75 Å². The summed E-state index contributed by atoms with van der Waals surface area (Å²) in [6.45, 7) is 4.47. The van der Waals surface area contributed by atoms with Crippen molar-refractivity contribution < 1.29 is 22.3 Å².